The number of halogens is 1. The minimum Gasteiger partial charge on any atom is -0.387 e. The summed E-state index contributed by atoms with van der Waals surface area (Å²) in [4.78, 5) is 4.56. The molecular weight excluding hydrogens is 255 g/mol. The van der Waals surface area contributed by atoms with E-state index in [9.17, 15) is 9.50 Å². The van der Waals surface area contributed by atoms with Crippen LogP contribution in [-0.2, 0) is 0 Å². The second-order valence-electron chi connectivity index (χ2n) is 4.96. The first kappa shape index (κ1) is 12.8. The lowest BCUT2D eigenvalue weighted by Gasteiger charge is -2.08. The van der Waals surface area contributed by atoms with Gasteiger partial charge in [0.25, 0.3) is 0 Å². The van der Waals surface area contributed by atoms with Crippen LogP contribution in [0.25, 0.3) is 16.9 Å². The summed E-state index contributed by atoms with van der Waals surface area (Å²) in [7, 11) is 0. The molecule has 0 spiro atoms. The van der Waals surface area contributed by atoms with Gasteiger partial charge < -0.3 is 9.51 Å². The van der Waals surface area contributed by atoms with E-state index >= 15 is 0 Å². The first-order valence-corrected chi connectivity index (χ1v) is 6.49. The van der Waals surface area contributed by atoms with Crippen molar-refractivity contribution in [2.24, 2.45) is 0 Å². The van der Waals surface area contributed by atoms with Gasteiger partial charge in [0, 0.05) is 11.8 Å². The summed E-state index contributed by atoms with van der Waals surface area (Å²) in [6.45, 7) is 3.70. The highest BCUT2D eigenvalue weighted by Crippen LogP contribution is 2.29. The zero-order valence-corrected chi connectivity index (χ0v) is 11.3. The number of benzene rings is 1. The predicted octanol–water partition coefficient (Wildman–Crippen LogP) is 3.50. The summed E-state index contributed by atoms with van der Waals surface area (Å²) >= 11 is 0. The lowest BCUT2D eigenvalue weighted by Crippen LogP contribution is -1.99. The number of aromatic nitrogens is 2. The second kappa shape index (κ2) is 4.72. The minimum absolute atomic E-state index is 0.285. The van der Waals surface area contributed by atoms with E-state index in [1.165, 1.54) is 12.1 Å². The Morgan fingerprint density at radius 2 is 1.85 bits per heavy atom. The molecule has 20 heavy (non-hydrogen) atoms. The highest BCUT2D eigenvalue weighted by molar-refractivity contribution is 5.67. The Balaban J connectivity index is 2.29. The smallest absolute Gasteiger partial charge is 0.137 e. The molecule has 2 heterocycles. The Morgan fingerprint density at radius 3 is 2.50 bits per heavy atom. The van der Waals surface area contributed by atoms with Crippen molar-refractivity contribution in [1.29, 1.82) is 0 Å². The van der Waals surface area contributed by atoms with Gasteiger partial charge in [0.15, 0.2) is 0 Å². The lowest BCUT2D eigenvalue weighted by molar-refractivity contribution is 0.194. The maximum absolute atomic E-state index is 13.0. The van der Waals surface area contributed by atoms with E-state index in [0.717, 1.165) is 22.5 Å². The van der Waals surface area contributed by atoms with Crippen molar-refractivity contribution in [3.05, 3.63) is 59.7 Å². The van der Waals surface area contributed by atoms with Crippen molar-refractivity contribution < 1.29 is 9.50 Å². The number of fused-ring (bicyclic) bond motifs is 1. The topological polar surface area (TPSA) is 37.5 Å². The molecule has 0 bridgehead atoms. The summed E-state index contributed by atoms with van der Waals surface area (Å²) in [5.74, 6) is -0.285. The van der Waals surface area contributed by atoms with E-state index < -0.39 is 6.10 Å². The van der Waals surface area contributed by atoms with Crippen LogP contribution in [0.2, 0.25) is 0 Å². The zero-order valence-electron chi connectivity index (χ0n) is 11.3. The monoisotopic (exact) mass is 270 g/mol. The van der Waals surface area contributed by atoms with Crippen LogP contribution in [0.1, 0.15) is 24.3 Å². The van der Waals surface area contributed by atoms with Crippen LogP contribution in [0.15, 0.2) is 42.6 Å². The number of aryl methyl sites for hydroxylation is 1. The standard InChI is InChI=1S/C16H15FN2O/c1-10-3-8-14-18-15(12-4-6-13(17)7-5-12)16(11(2)20)19(14)9-10/h3-9,11,20H,1-2H3. The van der Waals surface area contributed by atoms with Crippen LogP contribution in [0.3, 0.4) is 0 Å². The number of aliphatic hydroxyl groups is 1. The van der Waals surface area contributed by atoms with E-state index in [-0.39, 0.29) is 5.82 Å². The maximum atomic E-state index is 13.0. The molecular formula is C16H15FN2O. The molecule has 3 rings (SSSR count). The Morgan fingerprint density at radius 1 is 1.15 bits per heavy atom. The third-order valence-corrected chi connectivity index (χ3v) is 3.32. The molecule has 4 heteroatoms. The number of hydrogen-bond acceptors (Lipinski definition) is 2. The van der Waals surface area contributed by atoms with Gasteiger partial charge in [-0.05, 0) is 49.7 Å². The fourth-order valence-corrected chi connectivity index (χ4v) is 2.39. The van der Waals surface area contributed by atoms with Crippen molar-refractivity contribution in [2.45, 2.75) is 20.0 Å². The summed E-state index contributed by atoms with van der Waals surface area (Å²) in [5.41, 5.74) is 4.05. The van der Waals surface area contributed by atoms with Gasteiger partial charge in [0.1, 0.15) is 11.5 Å². The number of pyridine rings is 1. The van der Waals surface area contributed by atoms with Crippen LogP contribution in [0, 0.1) is 12.7 Å². The van der Waals surface area contributed by atoms with Crippen LogP contribution in [0.5, 0.6) is 0 Å². The van der Waals surface area contributed by atoms with Crippen molar-refractivity contribution in [3.8, 4) is 11.3 Å². The summed E-state index contributed by atoms with van der Waals surface area (Å²) < 4.78 is 14.9. The lowest BCUT2D eigenvalue weighted by atomic mass is 10.1. The quantitative estimate of drug-likeness (QED) is 0.774. The SMILES string of the molecule is Cc1ccc2nc(-c3ccc(F)cc3)c(C(C)O)n2c1. The Bertz CT molecular complexity index is 760. The third-order valence-electron chi connectivity index (χ3n) is 3.32. The maximum Gasteiger partial charge on any atom is 0.137 e. The average Bonchev–Trinajstić information content (AvgIpc) is 2.78. The molecule has 1 unspecified atom stereocenters. The van der Waals surface area contributed by atoms with Crippen LogP contribution in [0.4, 0.5) is 4.39 Å². The number of rotatable bonds is 2. The highest BCUT2D eigenvalue weighted by Gasteiger charge is 2.17. The third kappa shape index (κ3) is 2.08. The van der Waals surface area contributed by atoms with Crippen molar-refractivity contribution in [3.63, 3.8) is 0 Å². The molecule has 0 saturated carbocycles. The van der Waals surface area contributed by atoms with Gasteiger partial charge in [-0.15, -0.1) is 0 Å². The molecule has 3 nitrogen and oxygen atoms in total. The van der Waals surface area contributed by atoms with Crippen molar-refractivity contribution >= 4 is 5.65 Å². The van der Waals surface area contributed by atoms with Gasteiger partial charge in [-0.25, -0.2) is 9.37 Å². The Hall–Kier alpha value is -2.20. The van der Waals surface area contributed by atoms with Crippen LogP contribution in [-0.4, -0.2) is 14.5 Å². The molecule has 0 fully saturated rings. The molecule has 1 aromatic carbocycles. The molecule has 0 aliphatic carbocycles. The van der Waals surface area contributed by atoms with E-state index in [0.29, 0.717) is 5.69 Å². The Labute approximate surface area is 116 Å². The minimum atomic E-state index is -0.660. The van der Waals surface area contributed by atoms with Gasteiger partial charge in [0.2, 0.25) is 0 Å². The number of aliphatic hydroxyl groups excluding tert-OH is 1. The zero-order chi connectivity index (χ0) is 14.3. The largest absolute Gasteiger partial charge is 0.387 e. The van der Waals surface area contributed by atoms with Gasteiger partial charge in [-0.2, -0.15) is 0 Å². The first-order chi connectivity index (χ1) is 9.56. The van der Waals surface area contributed by atoms with Gasteiger partial charge >= 0.3 is 0 Å². The van der Waals surface area contributed by atoms with Crippen molar-refractivity contribution in [2.75, 3.05) is 0 Å². The van der Waals surface area contributed by atoms with Crippen LogP contribution < -0.4 is 0 Å². The molecule has 0 aliphatic rings. The normalized spacial score (nSPS) is 12.8. The van der Waals surface area contributed by atoms with E-state index in [1.54, 1.807) is 19.1 Å². The van der Waals surface area contributed by atoms with Crippen molar-refractivity contribution in [1.82, 2.24) is 9.38 Å². The summed E-state index contributed by atoms with van der Waals surface area (Å²) in [6, 6.07) is 10.0. The molecule has 1 N–H and O–H groups in total. The van der Waals surface area contributed by atoms with Gasteiger partial charge in [-0.3, -0.25) is 0 Å². The fourth-order valence-electron chi connectivity index (χ4n) is 2.39. The van der Waals surface area contributed by atoms with E-state index in [2.05, 4.69) is 4.98 Å². The fraction of sp³-hybridized carbons (Fsp3) is 0.188. The van der Waals surface area contributed by atoms with E-state index in [1.807, 2.05) is 29.7 Å². The number of hydrogen-bond donors (Lipinski definition) is 1. The first-order valence-electron chi connectivity index (χ1n) is 6.49. The number of imidazole rings is 1. The molecule has 0 amide bonds. The Kier molecular flexibility index (Phi) is 3.03. The van der Waals surface area contributed by atoms with Crippen LogP contribution >= 0.6 is 0 Å². The molecule has 2 aromatic heterocycles. The molecule has 0 radical (unpaired) electrons. The second-order valence-corrected chi connectivity index (χ2v) is 4.96. The summed E-state index contributed by atoms with van der Waals surface area (Å²) in [5, 5.41) is 10.1. The average molecular weight is 270 g/mol. The highest BCUT2D eigenvalue weighted by atomic mass is 19.1. The predicted molar refractivity (Wildman–Crippen MR) is 76.0 cm³/mol. The number of nitrogens with zero attached hydrogens (tertiary/aromatic N) is 2. The van der Waals surface area contributed by atoms with E-state index in [4.69, 9.17) is 0 Å². The molecule has 102 valence electrons. The van der Waals surface area contributed by atoms with Gasteiger partial charge in [-0.1, -0.05) is 6.07 Å². The van der Waals surface area contributed by atoms with Gasteiger partial charge in [0.05, 0.1) is 17.5 Å². The molecule has 3 aromatic rings. The molecule has 0 saturated heterocycles. The molecule has 1 atom stereocenters. The summed E-state index contributed by atoms with van der Waals surface area (Å²) in [6.07, 6.45) is 1.28. The molecule has 0 aliphatic heterocycles.